The Balaban J connectivity index is 2.77. The molecule has 92 valence electrons. The number of rotatable bonds is 5. The van der Waals surface area contributed by atoms with Gasteiger partial charge >= 0.3 is 0 Å². The molecule has 0 atom stereocenters. The highest BCUT2D eigenvalue weighted by Crippen LogP contribution is 2.17. The summed E-state index contributed by atoms with van der Waals surface area (Å²) >= 11 is 5.95. The van der Waals surface area contributed by atoms with Crippen molar-refractivity contribution in [2.45, 2.75) is 45.8 Å². The Kier molecular flexibility index (Phi) is 4.33. The van der Waals surface area contributed by atoms with Crippen LogP contribution in [0, 0.1) is 0 Å². The summed E-state index contributed by atoms with van der Waals surface area (Å²) in [6.45, 7) is 9.21. The Morgan fingerprint density at radius 3 is 2.62 bits per heavy atom. The van der Waals surface area contributed by atoms with E-state index in [0.717, 1.165) is 12.4 Å². The molecule has 1 heterocycles. The van der Waals surface area contributed by atoms with E-state index in [-0.39, 0.29) is 5.54 Å². The first kappa shape index (κ1) is 13.5. The fourth-order valence-corrected chi connectivity index (χ4v) is 1.55. The van der Waals surface area contributed by atoms with Crippen LogP contribution in [0.1, 0.15) is 39.6 Å². The van der Waals surface area contributed by atoms with Crippen molar-refractivity contribution in [1.29, 1.82) is 0 Å². The van der Waals surface area contributed by atoms with Crippen LogP contribution in [0.3, 0.4) is 0 Å². The molecule has 0 unspecified atom stereocenters. The van der Waals surface area contributed by atoms with Gasteiger partial charge in [-0.05, 0) is 34.7 Å². The number of halogens is 1. The minimum absolute atomic E-state index is 0.0324. The van der Waals surface area contributed by atoms with E-state index in [1.807, 2.05) is 4.68 Å². The molecule has 1 aromatic heterocycles. The van der Waals surface area contributed by atoms with Crippen LogP contribution in [0.15, 0.2) is 6.33 Å². The summed E-state index contributed by atoms with van der Waals surface area (Å²) in [4.78, 5) is 6.49. The van der Waals surface area contributed by atoms with Crippen LogP contribution >= 0.6 is 11.6 Å². The summed E-state index contributed by atoms with van der Waals surface area (Å²) < 4.78 is 1.95. The van der Waals surface area contributed by atoms with Crippen molar-refractivity contribution in [3.8, 4) is 0 Å². The number of aromatic nitrogens is 3. The Bertz CT molecular complexity index is 332. The third-order valence-electron chi connectivity index (χ3n) is 2.88. The molecule has 0 N–H and O–H groups in total. The predicted octanol–water partition coefficient (Wildman–Crippen LogP) is 2.31. The molecule has 1 aromatic rings. The van der Waals surface area contributed by atoms with Gasteiger partial charge in [-0.2, -0.15) is 5.10 Å². The molecule has 0 aliphatic rings. The van der Waals surface area contributed by atoms with Crippen LogP contribution in [-0.2, 0) is 6.54 Å². The molecule has 0 radical (unpaired) electrons. The van der Waals surface area contributed by atoms with Crippen molar-refractivity contribution in [2.24, 2.45) is 0 Å². The summed E-state index contributed by atoms with van der Waals surface area (Å²) in [6, 6.07) is 0.338. The average molecular weight is 245 g/mol. The van der Waals surface area contributed by atoms with E-state index in [2.05, 4.69) is 49.7 Å². The van der Waals surface area contributed by atoms with Gasteiger partial charge in [-0.15, -0.1) is 11.6 Å². The highest BCUT2D eigenvalue weighted by atomic mass is 35.5. The molecule has 0 saturated heterocycles. The molecular weight excluding hydrogens is 224 g/mol. The second-order valence-corrected chi connectivity index (χ2v) is 5.28. The van der Waals surface area contributed by atoms with Gasteiger partial charge in [-0.1, -0.05) is 0 Å². The van der Waals surface area contributed by atoms with Gasteiger partial charge in [0.1, 0.15) is 12.2 Å². The fourth-order valence-electron chi connectivity index (χ4n) is 1.35. The van der Waals surface area contributed by atoms with Crippen LogP contribution in [-0.4, -0.2) is 38.1 Å². The van der Waals surface area contributed by atoms with Gasteiger partial charge in [0.2, 0.25) is 0 Å². The third kappa shape index (κ3) is 2.95. The van der Waals surface area contributed by atoms with E-state index in [0.29, 0.717) is 11.9 Å². The highest BCUT2D eigenvalue weighted by molar-refractivity contribution is 6.18. The summed E-state index contributed by atoms with van der Waals surface area (Å²) in [5.74, 6) is 1.58. The maximum absolute atomic E-state index is 5.95. The van der Waals surface area contributed by atoms with Gasteiger partial charge in [-0.25, -0.2) is 9.67 Å². The van der Waals surface area contributed by atoms with Crippen molar-refractivity contribution >= 4 is 11.6 Å². The summed E-state index contributed by atoms with van der Waals surface area (Å²) in [5, 5.41) is 4.22. The highest BCUT2D eigenvalue weighted by Gasteiger charge is 2.24. The van der Waals surface area contributed by atoms with Crippen molar-refractivity contribution in [1.82, 2.24) is 19.7 Å². The molecule has 0 saturated carbocycles. The van der Waals surface area contributed by atoms with Crippen LogP contribution in [0.4, 0.5) is 0 Å². The molecule has 5 heteroatoms. The molecule has 0 aromatic carbocycles. The van der Waals surface area contributed by atoms with Gasteiger partial charge in [0.05, 0.1) is 6.54 Å². The largest absolute Gasteiger partial charge is 0.293 e. The topological polar surface area (TPSA) is 34.0 Å². The molecule has 0 spiro atoms. The van der Waals surface area contributed by atoms with E-state index < -0.39 is 0 Å². The Morgan fingerprint density at radius 1 is 1.50 bits per heavy atom. The van der Waals surface area contributed by atoms with Crippen LogP contribution in [0.5, 0.6) is 0 Å². The van der Waals surface area contributed by atoms with E-state index in [1.165, 1.54) is 0 Å². The van der Waals surface area contributed by atoms with E-state index in [4.69, 9.17) is 11.6 Å². The summed E-state index contributed by atoms with van der Waals surface area (Å²) in [7, 11) is 2.06. The van der Waals surface area contributed by atoms with E-state index >= 15 is 0 Å². The van der Waals surface area contributed by atoms with E-state index in [1.54, 1.807) is 6.33 Å². The minimum Gasteiger partial charge on any atom is -0.293 e. The zero-order valence-electron chi connectivity index (χ0n) is 10.7. The molecule has 0 bridgehead atoms. The number of hydrogen-bond donors (Lipinski definition) is 0. The number of nitrogens with zero attached hydrogens (tertiary/aromatic N) is 4. The first-order valence-corrected chi connectivity index (χ1v) is 6.07. The summed E-state index contributed by atoms with van der Waals surface area (Å²) in [6.07, 6.45) is 1.61. The average Bonchev–Trinajstić information content (AvgIpc) is 2.65. The lowest BCUT2D eigenvalue weighted by Gasteiger charge is -2.33. The Morgan fingerprint density at radius 2 is 2.12 bits per heavy atom. The predicted molar refractivity (Wildman–Crippen MR) is 66.7 cm³/mol. The van der Waals surface area contributed by atoms with Crippen LogP contribution < -0.4 is 0 Å². The summed E-state index contributed by atoms with van der Waals surface area (Å²) in [5.41, 5.74) is -0.0324. The molecular formula is C11H21ClN4. The van der Waals surface area contributed by atoms with Crippen molar-refractivity contribution < 1.29 is 0 Å². The normalized spacial score (nSPS) is 12.8. The molecule has 0 amide bonds. The standard InChI is InChI=1S/C11H21ClN4/c1-9(2)16-10(13-8-14-16)6-15(5)11(3,4)7-12/h8-9H,6-7H2,1-5H3. The zero-order valence-corrected chi connectivity index (χ0v) is 11.5. The first-order valence-electron chi connectivity index (χ1n) is 5.54. The third-order valence-corrected chi connectivity index (χ3v) is 3.53. The molecule has 0 fully saturated rings. The van der Waals surface area contributed by atoms with Gasteiger partial charge in [0.25, 0.3) is 0 Å². The number of alkyl halides is 1. The lowest BCUT2D eigenvalue weighted by atomic mass is 10.1. The van der Waals surface area contributed by atoms with Crippen LogP contribution in [0.2, 0.25) is 0 Å². The minimum atomic E-state index is -0.0324. The molecule has 0 aliphatic heterocycles. The van der Waals surface area contributed by atoms with Gasteiger partial charge in [0.15, 0.2) is 0 Å². The fraction of sp³-hybridized carbons (Fsp3) is 0.818. The molecule has 16 heavy (non-hydrogen) atoms. The van der Waals surface area contributed by atoms with Crippen molar-refractivity contribution in [3.63, 3.8) is 0 Å². The molecule has 1 rings (SSSR count). The maximum atomic E-state index is 5.95. The maximum Gasteiger partial charge on any atom is 0.141 e. The van der Waals surface area contributed by atoms with Crippen molar-refractivity contribution in [3.05, 3.63) is 12.2 Å². The quantitative estimate of drug-likeness (QED) is 0.746. The van der Waals surface area contributed by atoms with Gasteiger partial charge < -0.3 is 0 Å². The monoisotopic (exact) mass is 244 g/mol. The number of hydrogen-bond acceptors (Lipinski definition) is 3. The molecule has 4 nitrogen and oxygen atoms in total. The Labute approximate surface area is 103 Å². The second-order valence-electron chi connectivity index (χ2n) is 5.02. The van der Waals surface area contributed by atoms with Crippen molar-refractivity contribution in [2.75, 3.05) is 12.9 Å². The van der Waals surface area contributed by atoms with Crippen LogP contribution in [0.25, 0.3) is 0 Å². The molecule has 0 aliphatic carbocycles. The van der Waals surface area contributed by atoms with Gasteiger partial charge in [0, 0.05) is 17.5 Å². The second kappa shape index (κ2) is 5.15. The smallest absolute Gasteiger partial charge is 0.141 e. The Hall–Kier alpha value is -0.610. The lowest BCUT2D eigenvalue weighted by Crippen LogP contribution is -2.42. The lowest BCUT2D eigenvalue weighted by molar-refractivity contribution is 0.163. The van der Waals surface area contributed by atoms with E-state index in [9.17, 15) is 0 Å². The van der Waals surface area contributed by atoms with Gasteiger partial charge in [-0.3, -0.25) is 4.90 Å². The SMILES string of the molecule is CC(C)n1ncnc1CN(C)C(C)(C)CCl. The zero-order chi connectivity index (χ0) is 12.3. The first-order chi connectivity index (χ1) is 7.38.